The first-order valence-corrected chi connectivity index (χ1v) is 13.6. The van der Waals surface area contributed by atoms with Crippen LogP contribution < -0.4 is 4.90 Å². The zero-order chi connectivity index (χ0) is 22.1. The van der Waals surface area contributed by atoms with E-state index in [4.69, 9.17) is 0 Å². The molecule has 0 spiro atoms. The molecule has 0 aromatic heterocycles. The van der Waals surface area contributed by atoms with Crippen LogP contribution >= 0.6 is 11.8 Å². The smallest absolute Gasteiger partial charge is 0.209 e. The lowest BCUT2D eigenvalue weighted by Crippen LogP contribution is -2.21. The number of hydrogen-bond acceptors (Lipinski definition) is 6. The van der Waals surface area contributed by atoms with E-state index in [-0.39, 0.29) is 19.6 Å². The summed E-state index contributed by atoms with van der Waals surface area (Å²) in [4.78, 5) is 3.30. The SMILES string of the molecule is O=S1(=O)c2ccccc2S(=O)(=O)c2cc(N3c4ccccc4Sc4ccccc43)ccc21. The Balaban J connectivity index is 1.63. The van der Waals surface area contributed by atoms with Crippen LogP contribution in [0.3, 0.4) is 0 Å². The molecule has 0 fully saturated rings. The third-order valence-corrected chi connectivity index (χ3v) is 10.7. The second-order valence-electron chi connectivity index (χ2n) is 7.46. The molecule has 0 unspecified atom stereocenters. The van der Waals surface area contributed by atoms with E-state index in [0.717, 1.165) is 21.2 Å². The van der Waals surface area contributed by atoms with Crippen molar-refractivity contribution in [2.45, 2.75) is 29.4 Å². The van der Waals surface area contributed by atoms with Gasteiger partial charge in [-0.15, -0.1) is 0 Å². The van der Waals surface area contributed by atoms with Gasteiger partial charge < -0.3 is 4.90 Å². The van der Waals surface area contributed by atoms with Gasteiger partial charge in [-0.25, -0.2) is 16.8 Å². The van der Waals surface area contributed by atoms with Gasteiger partial charge in [0.15, 0.2) is 0 Å². The molecule has 2 heterocycles. The Kier molecular flexibility index (Phi) is 4.11. The molecule has 0 aliphatic carbocycles. The van der Waals surface area contributed by atoms with E-state index in [1.807, 2.05) is 53.4 Å². The highest BCUT2D eigenvalue weighted by atomic mass is 32.2. The Hall–Kier alpha value is -3.07. The number of fused-ring (bicyclic) bond motifs is 4. The van der Waals surface area contributed by atoms with Crippen LogP contribution in [0.2, 0.25) is 0 Å². The molecule has 4 aromatic rings. The molecule has 0 radical (unpaired) electrons. The zero-order valence-electron chi connectivity index (χ0n) is 16.5. The first kappa shape index (κ1) is 19.6. The van der Waals surface area contributed by atoms with Crippen molar-refractivity contribution >= 4 is 48.5 Å². The Morgan fingerprint density at radius 2 is 1.00 bits per heavy atom. The second-order valence-corrected chi connectivity index (χ2v) is 12.3. The van der Waals surface area contributed by atoms with Crippen LogP contribution in [0.15, 0.2) is 120 Å². The largest absolute Gasteiger partial charge is 0.308 e. The average molecular weight is 478 g/mol. The van der Waals surface area contributed by atoms with Gasteiger partial charge in [-0.1, -0.05) is 48.2 Å². The highest BCUT2D eigenvalue weighted by molar-refractivity contribution is 7.99. The molecule has 5 nitrogen and oxygen atoms in total. The van der Waals surface area contributed by atoms with E-state index in [1.165, 1.54) is 36.4 Å². The van der Waals surface area contributed by atoms with E-state index in [9.17, 15) is 16.8 Å². The topological polar surface area (TPSA) is 71.5 Å². The van der Waals surface area contributed by atoms with Gasteiger partial charge >= 0.3 is 0 Å². The molecule has 6 rings (SSSR count). The Labute approximate surface area is 190 Å². The molecule has 0 saturated carbocycles. The first-order valence-electron chi connectivity index (χ1n) is 9.78. The van der Waals surface area contributed by atoms with Gasteiger partial charge in [0, 0.05) is 15.5 Å². The van der Waals surface area contributed by atoms with Crippen LogP contribution in [0.5, 0.6) is 0 Å². The van der Waals surface area contributed by atoms with Crippen LogP contribution in [0.1, 0.15) is 0 Å². The fourth-order valence-electron chi connectivity index (χ4n) is 4.18. The highest BCUT2D eigenvalue weighted by Gasteiger charge is 2.39. The molecule has 0 N–H and O–H groups in total. The monoisotopic (exact) mass is 477 g/mol. The van der Waals surface area contributed by atoms with Crippen LogP contribution in [0.4, 0.5) is 17.1 Å². The molecule has 0 atom stereocenters. The van der Waals surface area contributed by atoms with Gasteiger partial charge in [-0.05, 0) is 54.6 Å². The molecule has 0 saturated heterocycles. The molecular formula is C24H15NO4S3. The van der Waals surface area contributed by atoms with E-state index in [1.54, 1.807) is 17.8 Å². The predicted molar refractivity (Wildman–Crippen MR) is 123 cm³/mol. The molecule has 32 heavy (non-hydrogen) atoms. The van der Waals surface area contributed by atoms with Gasteiger partial charge in [0.2, 0.25) is 19.7 Å². The molecule has 4 aromatic carbocycles. The minimum Gasteiger partial charge on any atom is -0.308 e. The average Bonchev–Trinajstić information content (AvgIpc) is 2.81. The zero-order valence-corrected chi connectivity index (χ0v) is 18.9. The summed E-state index contributed by atoms with van der Waals surface area (Å²) in [5.74, 6) is 0. The van der Waals surface area contributed by atoms with Crippen molar-refractivity contribution in [3.05, 3.63) is 91.0 Å². The second kappa shape index (κ2) is 6.71. The Bertz CT molecular complexity index is 1600. The van der Waals surface area contributed by atoms with Gasteiger partial charge in [-0.3, -0.25) is 0 Å². The van der Waals surface area contributed by atoms with Gasteiger partial charge in [0.25, 0.3) is 0 Å². The third kappa shape index (κ3) is 2.63. The minimum atomic E-state index is -4.00. The van der Waals surface area contributed by atoms with Crippen molar-refractivity contribution in [1.29, 1.82) is 0 Å². The first-order chi connectivity index (χ1) is 15.4. The lowest BCUT2D eigenvalue weighted by atomic mass is 10.2. The van der Waals surface area contributed by atoms with Gasteiger partial charge in [-0.2, -0.15) is 0 Å². The third-order valence-electron chi connectivity index (χ3n) is 5.62. The van der Waals surface area contributed by atoms with Gasteiger partial charge in [0.05, 0.1) is 31.0 Å². The number of nitrogens with zero attached hydrogens (tertiary/aromatic N) is 1. The molecule has 158 valence electrons. The maximum absolute atomic E-state index is 13.4. The standard InChI is InChI=1S/C24H15NO4S3/c26-31(27)21-11-5-6-12-22(21)32(28,29)24-15-16(13-14-23(24)31)25-17-7-1-3-9-19(17)30-20-10-4-2-8-18(20)25/h1-15H. The maximum Gasteiger partial charge on any atom is 0.209 e. The van der Waals surface area contributed by atoms with Crippen molar-refractivity contribution < 1.29 is 16.8 Å². The van der Waals surface area contributed by atoms with Crippen molar-refractivity contribution in [2.75, 3.05) is 4.90 Å². The lowest BCUT2D eigenvalue weighted by molar-refractivity contribution is 0.570. The maximum atomic E-state index is 13.4. The fraction of sp³-hybridized carbons (Fsp3) is 0. The van der Waals surface area contributed by atoms with Crippen molar-refractivity contribution in [2.24, 2.45) is 0 Å². The van der Waals surface area contributed by atoms with Crippen LogP contribution in [0.25, 0.3) is 0 Å². The van der Waals surface area contributed by atoms with E-state index >= 15 is 0 Å². The van der Waals surface area contributed by atoms with Crippen LogP contribution in [-0.4, -0.2) is 16.8 Å². The summed E-state index contributed by atoms with van der Waals surface area (Å²) in [6, 6.07) is 26.0. The van der Waals surface area contributed by atoms with Crippen molar-refractivity contribution in [3.8, 4) is 0 Å². The Morgan fingerprint density at radius 1 is 0.531 bits per heavy atom. The molecule has 0 bridgehead atoms. The number of anilines is 3. The Morgan fingerprint density at radius 3 is 1.59 bits per heavy atom. The lowest BCUT2D eigenvalue weighted by Gasteiger charge is -2.33. The van der Waals surface area contributed by atoms with E-state index in [2.05, 4.69) is 0 Å². The molecule has 0 amide bonds. The van der Waals surface area contributed by atoms with Crippen molar-refractivity contribution in [3.63, 3.8) is 0 Å². The number of benzene rings is 4. The summed E-state index contributed by atoms with van der Waals surface area (Å²) in [5, 5.41) is 0. The van der Waals surface area contributed by atoms with E-state index < -0.39 is 19.7 Å². The normalized spacial score (nSPS) is 16.9. The fourth-order valence-corrected chi connectivity index (χ4v) is 9.39. The molecule has 2 aliphatic rings. The summed E-state index contributed by atoms with van der Waals surface area (Å²) in [7, 11) is -7.94. The number of rotatable bonds is 1. The van der Waals surface area contributed by atoms with E-state index in [0.29, 0.717) is 5.69 Å². The van der Waals surface area contributed by atoms with Crippen LogP contribution in [-0.2, 0) is 19.7 Å². The molecule has 2 aliphatic heterocycles. The number of para-hydroxylation sites is 2. The number of sulfone groups is 2. The molecular weight excluding hydrogens is 462 g/mol. The van der Waals surface area contributed by atoms with Gasteiger partial charge in [0.1, 0.15) is 0 Å². The predicted octanol–water partition coefficient (Wildman–Crippen LogP) is 5.60. The summed E-state index contributed by atoms with van der Waals surface area (Å²) in [5.41, 5.74) is 2.40. The minimum absolute atomic E-state index is 0.176. The highest BCUT2D eigenvalue weighted by Crippen LogP contribution is 2.52. The summed E-state index contributed by atoms with van der Waals surface area (Å²) < 4.78 is 53.2. The number of hydrogen-bond donors (Lipinski definition) is 0. The molecule has 8 heteroatoms. The quantitative estimate of drug-likeness (QED) is 0.307. The van der Waals surface area contributed by atoms with Crippen molar-refractivity contribution in [1.82, 2.24) is 0 Å². The summed E-state index contributed by atoms with van der Waals surface area (Å²) >= 11 is 1.64. The summed E-state index contributed by atoms with van der Waals surface area (Å²) in [6.45, 7) is 0. The summed E-state index contributed by atoms with van der Waals surface area (Å²) in [6.07, 6.45) is 0. The van der Waals surface area contributed by atoms with Crippen LogP contribution in [0, 0.1) is 0 Å².